The second-order valence-electron chi connectivity index (χ2n) is 4.01. The molecule has 0 amide bonds. The molecule has 1 heterocycles. The number of imidazole rings is 1. The van der Waals surface area contributed by atoms with E-state index in [1.807, 2.05) is 36.0 Å². The van der Waals surface area contributed by atoms with E-state index in [-0.39, 0.29) is 0 Å². The molecule has 1 N–H and O–H groups in total. The fraction of sp³-hybridized carbons (Fsp3) is 0.308. The average Bonchev–Trinajstić information content (AvgIpc) is 2.76. The molecule has 18 heavy (non-hydrogen) atoms. The van der Waals surface area contributed by atoms with Gasteiger partial charge < -0.3 is 14.6 Å². The van der Waals surface area contributed by atoms with E-state index in [0.717, 1.165) is 17.1 Å². The van der Waals surface area contributed by atoms with Gasteiger partial charge in [0.05, 0.1) is 13.7 Å². The molecule has 0 fully saturated rings. The number of ether oxygens (including phenoxy) is 1. The highest BCUT2D eigenvalue weighted by molar-refractivity contribution is 6.30. The SMILES string of the molecule is COc1ccc(Cl)cc1CNCc1nccn1C. The quantitative estimate of drug-likeness (QED) is 0.902. The Balaban J connectivity index is 1.98. The number of methoxy groups -OCH3 is 1. The van der Waals surface area contributed by atoms with Crippen LogP contribution in [0, 0.1) is 0 Å². The molecule has 0 bridgehead atoms. The monoisotopic (exact) mass is 265 g/mol. The second kappa shape index (κ2) is 5.89. The van der Waals surface area contributed by atoms with Crippen LogP contribution in [0.25, 0.3) is 0 Å². The zero-order valence-corrected chi connectivity index (χ0v) is 11.2. The van der Waals surface area contributed by atoms with Crippen LogP contribution in [0.3, 0.4) is 0 Å². The summed E-state index contributed by atoms with van der Waals surface area (Å²) in [7, 11) is 3.63. The van der Waals surface area contributed by atoms with E-state index in [9.17, 15) is 0 Å². The number of benzene rings is 1. The lowest BCUT2D eigenvalue weighted by atomic mass is 10.2. The predicted molar refractivity (Wildman–Crippen MR) is 71.8 cm³/mol. The van der Waals surface area contributed by atoms with Crippen LogP contribution in [-0.4, -0.2) is 16.7 Å². The van der Waals surface area contributed by atoms with Gasteiger partial charge in [-0.05, 0) is 18.2 Å². The van der Waals surface area contributed by atoms with E-state index >= 15 is 0 Å². The molecule has 0 atom stereocenters. The van der Waals surface area contributed by atoms with Gasteiger partial charge in [0.1, 0.15) is 11.6 Å². The minimum Gasteiger partial charge on any atom is -0.496 e. The van der Waals surface area contributed by atoms with Gasteiger partial charge in [-0.25, -0.2) is 4.98 Å². The Morgan fingerprint density at radius 3 is 2.89 bits per heavy atom. The van der Waals surface area contributed by atoms with Crippen molar-refractivity contribution in [3.05, 3.63) is 47.0 Å². The van der Waals surface area contributed by atoms with Crippen LogP contribution in [0.1, 0.15) is 11.4 Å². The van der Waals surface area contributed by atoms with Crippen molar-refractivity contribution in [2.24, 2.45) is 7.05 Å². The maximum absolute atomic E-state index is 5.98. The Hall–Kier alpha value is -1.52. The van der Waals surface area contributed by atoms with Crippen molar-refractivity contribution in [1.29, 1.82) is 0 Å². The largest absolute Gasteiger partial charge is 0.496 e. The van der Waals surface area contributed by atoms with Crippen molar-refractivity contribution in [2.45, 2.75) is 13.1 Å². The third-order valence-electron chi connectivity index (χ3n) is 2.76. The fourth-order valence-corrected chi connectivity index (χ4v) is 1.96. The standard InChI is InChI=1S/C13H16ClN3O/c1-17-6-5-16-13(17)9-15-8-10-7-11(14)3-4-12(10)18-2/h3-7,15H,8-9H2,1-2H3. The number of aryl methyl sites for hydroxylation is 1. The first-order valence-electron chi connectivity index (χ1n) is 5.70. The van der Waals surface area contributed by atoms with E-state index in [0.29, 0.717) is 18.1 Å². The first-order valence-corrected chi connectivity index (χ1v) is 6.08. The summed E-state index contributed by atoms with van der Waals surface area (Å²) in [4.78, 5) is 4.25. The maximum atomic E-state index is 5.98. The molecule has 0 saturated carbocycles. The van der Waals surface area contributed by atoms with Gasteiger partial charge in [0, 0.05) is 36.6 Å². The van der Waals surface area contributed by atoms with E-state index in [2.05, 4.69) is 10.3 Å². The zero-order chi connectivity index (χ0) is 13.0. The lowest BCUT2D eigenvalue weighted by Gasteiger charge is -2.10. The van der Waals surface area contributed by atoms with E-state index in [1.54, 1.807) is 13.3 Å². The topological polar surface area (TPSA) is 39.1 Å². The summed E-state index contributed by atoms with van der Waals surface area (Å²) in [5.41, 5.74) is 1.04. The molecule has 0 aliphatic heterocycles. The average molecular weight is 266 g/mol. The number of halogens is 1. The lowest BCUT2D eigenvalue weighted by Crippen LogP contribution is -2.16. The third-order valence-corrected chi connectivity index (χ3v) is 3.00. The second-order valence-corrected chi connectivity index (χ2v) is 4.45. The Bertz CT molecular complexity index is 525. The molecule has 5 heteroatoms. The smallest absolute Gasteiger partial charge is 0.123 e. The number of hydrogen-bond acceptors (Lipinski definition) is 3. The predicted octanol–water partition coefficient (Wildman–Crippen LogP) is 2.37. The normalized spacial score (nSPS) is 10.6. The highest BCUT2D eigenvalue weighted by Crippen LogP contribution is 2.22. The van der Waals surface area contributed by atoms with Crippen molar-refractivity contribution >= 4 is 11.6 Å². The molecule has 4 nitrogen and oxygen atoms in total. The van der Waals surface area contributed by atoms with Crippen LogP contribution < -0.4 is 10.1 Å². The van der Waals surface area contributed by atoms with Crippen molar-refractivity contribution in [3.63, 3.8) is 0 Å². The maximum Gasteiger partial charge on any atom is 0.123 e. The van der Waals surface area contributed by atoms with Gasteiger partial charge in [-0.2, -0.15) is 0 Å². The van der Waals surface area contributed by atoms with E-state index in [1.165, 1.54) is 0 Å². The Morgan fingerprint density at radius 1 is 1.39 bits per heavy atom. The molecule has 0 unspecified atom stereocenters. The summed E-state index contributed by atoms with van der Waals surface area (Å²) in [6.45, 7) is 1.40. The first kappa shape index (κ1) is 12.9. The minimum atomic E-state index is 0.691. The first-order chi connectivity index (χ1) is 8.70. The van der Waals surface area contributed by atoms with Gasteiger partial charge in [-0.15, -0.1) is 0 Å². The molecule has 0 aliphatic rings. The molecule has 0 radical (unpaired) electrons. The van der Waals surface area contributed by atoms with Gasteiger partial charge in [0.2, 0.25) is 0 Å². The fourth-order valence-electron chi connectivity index (χ4n) is 1.76. The van der Waals surface area contributed by atoms with E-state index < -0.39 is 0 Å². The van der Waals surface area contributed by atoms with Crippen molar-refractivity contribution in [3.8, 4) is 5.75 Å². The van der Waals surface area contributed by atoms with Gasteiger partial charge in [0.15, 0.2) is 0 Å². The van der Waals surface area contributed by atoms with Gasteiger partial charge in [-0.1, -0.05) is 11.6 Å². The molecule has 2 rings (SSSR count). The summed E-state index contributed by atoms with van der Waals surface area (Å²) >= 11 is 5.98. The molecular formula is C13H16ClN3O. The summed E-state index contributed by atoms with van der Waals surface area (Å²) in [5, 5.41) is 4.04. The molecule has 2 aromatic rings. The van der Waals surface area contributed by atoms with Gasteiger partial charge >= 0.3 is 0 Å². The minimum absolute atomic E-state index is 0.691. The molecule has 0 saturated heterocycles. The van der Waals surface area contributed by atoms with Crippen molar-refractivity contribution < 1.29 is 4.74 Å². The summed E-state index contributed by atoms with van der Waals surface area (Å²) in [6.07, 6.45) is 3.72. The van der Waals surface area contributed by atoms with Crippen molar-refractivity contribution in [1.82, 2.24) is 14.9 Å². The molecule has 0 spiro atoms. The Kier molecular flexibility index (Phi) is 4.23. The third kappa shape index (κ3) is 3.03. The number of nitrogens with zero attached hydrogens (tertiary/aromatic N) is 2. The zero-order valence-electron chi connectivity index (χ0n) is 10.5. The molecular weight excluding hydrogens is 250 g/mol. The number of hydrogen-bond donors (Lipinski definition) is 1. The molecule has 1 aromatic heterocycles. The number of nitrogens with one attached hydrogen (secondary N) is 1. The van der Waals surface area contributed by atoms with Crippen LogP contribution in [0.5, 0.6) is 5.75 Å². The van der Waals surface area contributed by atoms with Crippen LogP contribution in [-0.2, 0) is 20.1 Å². The van der Waals surface area contributed by atoms with Gasteiger partial charge in [0.25, 0.3) is 0 Å². The van der Waals surface area contributed by atoms with Crippen LogP contribution in [0.2, 0.25) is 5.02 Å². The molecule has 1 aromatic carbocycles. The number of rotatable bonds is 5. The Morgan fingerprint density at radius 2 is 2.22 bits per heavy atom. The van der Waals surface area contributed by atoms with Crippen LogP contribution >= 0.6 is 11.6 Å². The number of aromatic nitrogens is 2. The summed E-state index contributed by atoms with van der Waals surface area (Å²) < 4.78 is 7.28. The van der Waals surface area contributed by atoms with Crippen molar-refractivity contribution in [2.75, 3.05) is 7.11 Å². The van der Waals surface area contributed by atoms with Gasteiger partial charge in [-0.3, -0.25) is 0 Å². The highest BCUT2D eigenvalue weighted by atomic mass is 35.5. The Labute approximate surface area is 112 Å². The molecule has 0 aliphatic carbocycles. The highest BCUT2D eigenvalue weighted by Gasteiger charge is 2.04. The lowest BCUT2D eigenvalue weighted by molar-refractivity contribution is 0.407. The van der Waals surface area contributed by atoms with E-state index in [4.69, 9.17) is 16.3 Å². The molecule has 96 valence electrons. The summed E-state index contributed by atoms with van der Waals surface area (Å²) in [6, 6.07) is 5.61. The van der Waals surface area contributed by atoms with Crippen LogP contribution in [0.15, 0.2) is 30.6 Å². The van der Waals surface area contributed by atoms with Crippen LogP contribution in [0.4, 0.5) is 0 Å². The summed E-state index contributed by atoms with van der Waals surface area (Å²) in [5.74, 6) is 1.84.